The number of hydrogen-bond donors (Lipinski definition) is 0. The summed E-state index contributed by atoms with van der Waals surface area (Å²) in [7, 11) is -3.06. The first-order valence-corrected chi connectivity index (χ1v) is 13.7. The Morgan fingerprint density at radius 2 is 1.68 bits per heavy atom. The molecule has 1 fully saturated rings. The molecule has 0 N–H and O–H groups in total. The predicted octanol–water partition coefficient (Wildman–Crippen LogP) is 4.80. The molecule has 7 nitrogen and oxygen atoms in total. The van der Waals surface area contributed by atoms with E-state index in [-0.39, 0.29) is 24.9 Å². The molecule has 1 unspecified atom stereocenters. The maximum Gasteiger partial charge on any atom is 0.337 e. The number of ether oxygens (including phenoxy) is 3. The van der Waals surface area contributed by atoms with Crippen molar-refractivity contribution in [1.82, 2.24) is 0 Å². The number of esters is 1. The zero-order valence-corrected chi connectivity index (χ0v) is 21.6. The first-order chi connectivity index (χ1) is 18.2. The predicted molar refractivity (Wildman–Crippen MR) is 136 cm³/mol. The smallest absolute Gasteiger partial charge is 0.337 e. The highest BCUT2D eigenvalue weighted by atomic mass is 32.2. The Morgan fingerprint density at radius 3 is 2.29 bits per heavy atom. The van der Waals surface area contributed by atoms with Crippen molar-refractivity contribution in [2.75, 3.05) is 24.6 Å². The lowest BCUT2D eigenvalue weighted by atomic mass is 10.1. The molecule has 200 valence electrons. The van der Waals surface area contributed by atoms with E-state index in [1.807, 2.05) is 6.07 Å². The normalized spacial score (nSPS) is 16.4. The molecular formula is C28H27F2NO6S. The maximum atomic E-state index is 14.0. The summed E-state index contributed by atoms with van der Waals surface area (Å²) < 4.78 is 73.2. The van der Waals surface area contributed by atoms with Crippen molar-refractivity contribution in [3.63, 3.8) is 0 Å². The van der Waals surface area contributed by atoms with Gasteiger partial charge in [-0.3, -0.25) is 4.31 Å². The molecule has 2 aliphatic rings. The molecule has 0 saturated carbocycles. The van der Waals surface area contributed by atoms with Gasteiger partial charge in [0.15, 0.2) is 0 Å². The number of methoxy groups -OCH3 is 1. The van der Waals surface area contributed by atoms with Crippen LogP contribution in [0, 0.1) is 11.6 Å². The summed E-state index contributed by atoms with van der Waals surface area (Å²) >= 11 is 0. The van der Waals surface area contributed by atoms with E-state index >= 15 is 0 Å². The molecule has 38 heavy (non-hydrogen) atoms. The second-order valence-corrected chi connectivity index (χ2v) is 11.2. The van der Waals surface area contributed by atoms with E-state index in [9.17, 15) is 22.0 Å². The van der Waals surface area contributed by atoms with Gasteiger partial charge in [-0.2, -0.15) is 0 Å². The largest absolute Gasteiger partial charge is 0.487 e. The van der Waals surface area contributed by atoms with Gasteiger partial charge in [-0.25, -0.2) is 22.0 Å². The van der Waals surface area contributed by atoms with Crippen LogP contribution >= 0.6 is 0 Å². The number of fused-ring (bicyclic) bond motifs is 1. The van der Waals surface area contributed by atoms with E-state index in [2.05, 4.69) is 0 Å². The molecule has 5 rings (SSSR count). The van der Waals surface area contributed by atoms with Crippen LogP contribution < -0.4 is 9.04 Å². The highest BCUT2D eigenvalue weighted by Crippen LogP contribution is 2.39. The van der Waals surface area contributed by atoms with E-state index in [0.29, 0.717) is 30.4 Å². The summed E-state index contributed by atoms with van der Waals surface area (Å²) in [6.07, 6.45) is 2.88. The van der Waals surface area contributed by atoms with Crippen molar-refractivity contribution in [1.29, 1.82) is 0 Å². The third-order valence-corrected chi connectivity index (χ3v) is 8.56. The Labute approximate surface area is 220 Å². The first-order valence-electron chi connectivity index (χ1n) is 12.3. The van der Waals surface area contributed by atoms with Crippen molar-refractivity contribution in [2.24, 2.45) is 0 Å². The molecule has 0 spiro atoms. The molecular weight excluding hydrogens is 516 g/mol. The van der Waals surface area contributed by atoms with Gasteiger partial charge in [0, 0.05) is 12.7 Å². The van der Waals surface area contributed by atoms with Crippen LogP contribution in [-0.4, -0.2) is 40.8 Å². The monoisotopic (exact) mass is 543 g/mol. The summed E-state index contributed by atoms with van der Waals surface area (Å²) in [5.41, 5.74) is 3.52. The number of sulfonamides is 1. The fraction of sp³-hybridized carbons (Fsp3) is 0.321. The molecule has 0 amide bonds. The minimum absolute atomic E-state index is 0.0244. The third kappa shape index (κ3) is 5.37. The number of halogens is 2. The number of aryl methyl sites for hydroxylation is 2. The Bertz CT molecular complexity index is 1430. The van der Waals surface area contributed by atoms with Crippen LogP contribution in [0.3, 0.4) is 0 Å². The third-order valence-electron chi connectivity index (χ3n) is 6.80. The summed E-state index contributed by atoms with van der Waals surface area (Å²) in [4.78, 5) is 11.2. The molecule has 0 radical (unpaired) electrons. The summed E-state index contributed by atoms with van der Waals surface area (Å²) in [5.74, 6) is -2.08. The van der Waals surface area contributed by atoms with Gasteiger partial charge in [0.1, 0.15) is 24.0 Å². The number of carbonyl (C=O) groups excluding carboxylic acids is 1. The van der Waals surface area contributed by atoms with Crippen LogP contribution in [0.5, 0.6) is 5.75 Å². The molecule has 10 heteroatoms. The standard InChI is InChI=1S/C28H27F2NO6S/c1-35-28(32)19-7-5-18(6-8-19)17-37-27-12-21-4-2-3-20(21)11-26(27)31(16-24-9-10-36-24)38(33,34)25-14-22(29)13-23(30)15-25/h5-8,11-15,24H,2-4,9-10,16-17H2,1H3. The van der Waals surface area contributed by atoms with Gasteiger partial charge in [-0.05, 0) is 78.8 Å². The average Bonchev–Trinajstić information content (AvgIpc) is 3.33. The Hall–Kier alpha value is -3.50. The topological polar surface area (TPSA) is 82.1 Å². The number of anilines is 1. The van der Waals surface area contributed by atoms with Gasteiger partial charge in [-0.15, -0.1) is 0 Å². The first kappa shape index (κ1) is 26.1. The zero-order valence-electron chi connectivity index (χ0n) is 20.8. The lowest BCUT2D eigenvalue weighted by Gasteiger charge is -2.34. The van der Waals surface area contributed by atoms with Gasteiger partial charge in [0.25, 0.3) is 10.0 Å². The molecule has 1 heterocycles. The second-order valence-electron chi connectivity index (χ2n) is 9.34. The van der Waals surface area contributed by atoms with E-state index in [1.165, 1.54) is 7.11 Å². The van der Waals surface area contributed by atoms with E-state index in [4.69, 9.17) is 14.2 Å². The van der Waals surface area contributed by atoms with Crippen molar-refractivity contribution in [3.05, 3.63) is 88.5 Å². The second kappa shape index (κ2) is 10.7. The number of rotatable bonds is 9. The summed E-state index contributed by atoms with van der Waals surface area (Å²) in [6, 6.07) is 12.6. The summed E-state index contributed by atoms with van der Waals surface area (Å²) in [6.45, 7) is 0.599. The van der Waals surface area contributed by atoms with Gasteiger partial charge < -0.3 is 14.2 Å². The highest BCUT2D eigenvalue weighted by molar-refractivity contribution is 7.92. The SMILES string of the molecule is COC(=O)c1ccc(COc2cc3c(cc2N(CC2CCO2)S(=O)(=O)c2cc(F)cc(F)c2)CCC3)cc1. The summed E-state index contributed by atoms with van der Waals surface area (Å²) in [5, 5.41) is 0. The van der Waals surface area contributed by atoms with Crippen LogP contribution in [0.2, 0.25) is 0 Å². The fourth-order valence-electron chi connectivity index (χ4n) is 4.66. The van der Waals surface area contributed by atoms with Crippen LogP contribution in [0.1, 0.15) is 39.9 Å². The number of benzene rings is 3. The van der Waals surface area contributed by atoms with Crippen LogP contribution in [0.25, 0.3) is 0 Å². The van der Waals surface area contributed by atoms with E-state index < -0.39 is 32.5 Å². The maximum absolute atomic E-state index is 14.0. The van der Waals surface area contributed by atoms with Gasteiger partial charge in [0.2, 0.25) is 0 Å². The van der Waals surface area contributed by atoms with Crippen molar-refractivity contribution >= 4 is 21.7 Å². The number of carbonyl (C=O) groups is 1. The Balaban J connectivity index is 1.52. The van der Waals surface area contributed by atoms with E-state index in [0.717, 1.165) is 52.4 Å². The van der Waals surface area contributed by atoms with Gasteiger partial charge in [0.05, 0.1) is 35.9 Å². The number of nitrogens with zero attached hydrogens (tertiary/aromatic N) is 1. The minimum Gasteiger partial charge on any atom is -0.487 e. The molecule has 1 atom stereocenters. The molecule has 0 aromatic heterocycles. The Morgan fingerprint density at radius 1 is 1.03 bits per heavy atom. The molecule has 1 aliphatic carbocycles. The van der Waals surface area contributed by atoms with Gasteiger partial charge in [-0.1, -0.05) is 12.1 Å². The van der Waals surface area contributed by atoms with Crippen LogP contribution in [0.4, 0.5) is 14.5 Å². The molecule has 3 aromatic carbocycles. The fourth-order valence-corrected chi connectivity index (χ4v) is 6.20. The Kier molecular flexibility index (Phi) is 7.36. The lowest BCUT2D eigenvalue weighted by Crippen LogP contribution is -2.43. The van der Waals surface area contributed by atoms with Crippen molar-refractivity contribution in [2.45, 2.75) is 43.3 Å². The van der Waals surface area contributed by atoms with E-state index in [1.54, 1.807) is 30.3 Å². The molecule has 3 aromatic rings. The number of hydrogen-bond acceptors (Lipinski definition) is 6. The quantitative estimate of drug-likeness (QED) is 0.361. The molecule has 0 bridgehead atoms. The van der Waals surface area contributed by atoms with Crippen molar-refractivity contribution in [3.8, 4) is 5.75 Å². The zero-order chi connectivity index (χ0) is 26.9. The van der Waals surface area contributed by atoms with Crippen LogP contribution in [-0.2, 0) is 38.9 Å². The average molecular weight is 544 g/mol. The van der Waals surface area contributed by atoms with Crippen LogP contribution in [0.15, 0.2) is 59.5 Å². The van der Waals surface area contributed by atoms with Crippen molar-refractivity contribution < 1.29 is 36.2 Å². The van der Waals surface area contributed by atoms with Gasteiger partial charge >= 0.3 is 5.97 Å². The molecule has 1 aliphatic heterocycles. The molecule has 1 saturated heterocycles. The lowest BCUT2D eigenvalue weighted by molar-refractivity contribution is -0.0428. The minimum atomic E-state index is -4.37. The highest BCUT2D eigenvalue weighted by Gasteiger charge is 2.34.